The van der Waals surface area contributed by atoms with Crippen LogP contribution in [0, 0.1) is 56.8 Å². The highest BCUT2D eigenvalue weighted by molar-refractivity contribution is 7.99. The number of rotatable bonds is 21. The number of hydrogen-bond acceptors (Lipinski definition) is 12. The highest BCUT2D eigenvalue weighted by Gasteiger charge is 2.58. The summed E-state index contributed by atoms with van der Waals surface area (Å²) in [5.41, 5.74) is 5.96. The van der Waals surface area contributed by atoms with Crippen molar-refractivity contribution in [3.05, 3.63) is 113 Å². The molecule has 5 N–H and O–H groups in total. The van der Waals surface area contributed by atoms with Crippen LogP contribution in [-0.2, 0) is 20.7 Å². The number of benzene rings is 4. The summed E-state index contributed by atoms with van der Waals surface area (Å²) < 4.78 is 78.5. The van der Waals surface area contributed by atoms with Crippen LogP contribution in [0.4, 0.5) is 33.3 Å². The van der Waals surface area contributed by atoms with E-state index in [2.05, 4.69) is 30.6 Å². The molecule has 2 amide bonds. The largest absolute Gasteiger partial charge is 0.395 e. The van der Waals surface area contributed by atoms with Crippen LogP contribution in [0.15, 0.2) is 87.5 Å². The van der Waals surface area contributed by atoms with Crippen molar-refractivity contribution in [3.63, 3.8) is 0 Å². The van der Waals surface area contributed by atoms with Crippen LogP contribution >= 0.6 is 35.7 Å². The van der Waals surface area contributed by atoms with Gasteiger partial charge in [0.1, 0.15) is 47.2 Å². The van der Waals surface area contributed by atoms with Crippen LogP contribution in [0.1, 0.15) is 127 Å². The lowest BCUT2D eigenvalue weighted by molar-refractivity contribution is -0.150. The first kappa shape index (κ1) is 63.8. The van der Waals surface area contributed by atoms with Crippen molar-refractivity contribution in [2.45, 2.75) is 150 Å². The Hall–Kier alpha value is -5.02. The number of ether oxygens (including phenoxy) is 1. The highest BCUT2D eigenvalue weighted by Crippen LogP contribution is 2.64. The molecule has 78 heavy (non-hydrogen) atoms. The minimum Gasteiger partial charge on any atom is -0.395 e. The predicted molar refractivity (Wildman–Crippen MR) is 305 cm³/mol. The fraction of sp³-hybridized carbons (Fsp3) is 0.525. The monoisotopic (exact) mass is 1140 g/mol. The Balaban J connectivity index is 0.000000231. The summed E-state index contributed by atoms with van der Waals surface area (Å²) in [7, 11) is 5.49. The Kier molecular flexibility index (Phi) is 25.4. The van der Waals surface area contributed by atoms with Gasteiger partial charge in [0.15, 0.2) is 0 Å². The number of aryl methyl sites for hydroxylation is 1. The molecule has 1 unspecified atom stereocenters. The van der Waals surface area contributed by atoms with E-state index in [-0.39, 0.29) is 57.4 Å². The van der Waals surface area contributed by atoms with Gasteiger partial charge in [-0.3, -0.25) is 23.9 Å². The van der Waals surface area contributed by atoms with Gasteiger partial charge in [0.2, 0.25) is 5.91 Å². The zero-order valence-corrected chi connectivity index (χ0v) is 48.4. The number of thioether (sulfide) groups is 1. The number of anilines is 2. The van der Waals surface area contributed by atoms with Gasteiger partial charge in [0, 0.05) is 46.3 Å². The van der Waals surface area contributed by atoms with E-state index in [1.54, 1.807) is 37.1 Å². The second kappa shape index (κ2) is 31.1. The maximum absolute atomic E-state index is 15.3. The molecule has 3 saturated carbocycles. The van der Waals surface area contributed by atoms with Gasteiger partial charge in [-0.25, -0.2) is 22.0 Å². The third-order valence-corrected chi connectivity index (χ3v) is 17.3. The van der Waals surface area contributed by atoms with E-state index in [4.69, 9.17) is 15.7 Å². The lowest BCUT2D eigenvalue weighted by atomic mass is 9.46. The Bertz CT molecular complexity index is 2630. The van der Waals surface area contributed by atoms with Gasteiger partial charge in [-0.15, -0.1) is 11.8 Å². The SMILES string of the molecule is CC.CC1(C(=O)NSc2cc(F)c(N)c(C#N)c2)CC2(CCC2)C1.COC1(C(=O)NSc2cc(F)c(NC(CCc3ccc(F)cc3)CCN(C)C)c(C#N)c2)CCCCC1.Fc1ccc(SCCCCN2CC(F)C2)cc1. The average molecular weight is 1140 g/mol. The number of nitrogens with one attached hydrogen (secondary N) is 3. The van der Waals surface area contributed by atoms with Crippen molar-refractivity contribution in [2.24, 2.45) is 10.8 Å². The minimum atomic E-state index is -0.854. The van der Waals surface area contributed by atoms with Crippen LogP contribution in [-0.4, -0.2) is 92.6 Å². The van der Waals surface area contributed by atoms with Crippen LogP contribution in [0.5, 0.6) is 0 Å². The fourth-order valence-corrected chi connectivity index (χ4v) is 12.7. The lowest BCUT2D eigenvalue weighted by Crippen LogP contribution is -2.55. The first-order valence-corrected chi connectivity index (χ1v) is 29.6. The maximum atomic E-state index is 15.3. The molecule has 1 saturated heterocycles. The summed E-state index contributed by atoms with van der Waals surface area (Å²) >= 11 is 3.78. The van der Waals surface area contributed by atoms with Gasteiger partial charge in [0.25, 0.3) is 5.91 Å². The number of nitriles is 2. The van der Waals surface area contributed by atoms with Crippen molar-refractivity contribution in [1.29, 1.82) is 10.5 Å². The van der Waals surface area contributed by atoms with Gasteiger partial charge in [-0.1, -0.05) is 58.6 Å². The van der Waals surface area contributed by atoms with Crippen molar-refractivity contribution < 1.29 is 36.3 Å². The highest BCUT2D eigenvalue weighted by atomic mass is 32.2. The second-order valence-electron chi connectivity index (χ2n) is 21.0. The number of carbonyl (C=O) groups excluding carboxylic acids is 2. The molecular formula is C59H77F5N8O3S3. The Morgan fingerprint density at radius 1 is 0.782 bits per heavy atom. The van der Waals surface area contributed by atoms with E-state index in [0.29, 0.717) is 54.0 Å². The molecule has 19 heteroatoms. The molecule has 4 aromatic carbocycles. The number of nitrogen functional groups attached to an aromatic ring is 1. The van der Waals surface area contributed by atoms with E-state index in [1.165, 1.54) is 61.7 Å². The smallest absolute Gasteiger partial charge is 0.262 e. The molecule has 4 fully saturated rings. The van der Waals surface area contributed by atoms with E-state index in [0.717, 1.165) is 105 Å². The molecule has 1 atom stereocenters. The molecule has 8 rings (SSSR count). The second-order valence-corrected chi connectivity index (χ2v) is 23.9. The maximum Gasteiger partial charge on any atom is 0.262 e. The summed E-state index contributed by atoms with van der Waals surface area (Å²) in [5.74, 6) is -0.870. The van der Waals surface area contributed by atoms with Gasteiger partial charge >= 0.3 is 0 Å². The van der Waals surface area contributed by atoms with Crippen LogP contribution in [0.3, 0.4) is 0 Å². The molecular weight excluding hydrogens is 1060 g/mol. The van der Waals surface area contributed by atoms with Gasteiger partial charge in [0.05, 0.1) is 22.5 Å². The first-order chi connectivity index (χ1) is 37.4. The predicted octanol–water partition coefficient (Wildman–Crippen LogP) is 13.4. The number of nitrogens with two attached hydrogens (primary N) is 1. The van der Waals surface area contributed by atoms with E-state index < -0.39 is 23.4 Å². The molecule has 0 aromatic heterocycles. The lowest BCUT2D eigenvalue weighted by Gasteiger charge is -2.58. The summed E-state index contributed by atoms with van der Waals surface area (Å²) in [6.45, 7) is 9.00. The number of halogens is 5. The normalized spacial score (nSPS) is 17.1. The van der Waals surface area contributed by atoms with Crippen molar-refractivity contribution in [3.8, 4) is 12.1 Å². The summed E-state index contributed by atoms with van der Waals surface area (Å²) in [4.78, 5) is 31.4. The summed E-state index contributed by atoms with van der Waals surface area (Å²) in [6.07, 6.45) is 13.6. The first-order valence-electron chi connectivity index (χ1n) is 27.0. The fourth-order valence-electron chi connectivity index (χ4n) is 10.2. The van der Waals surface area contributed by atoms with Crippen molar-refractivity contribution in [2.75, 3.05) is 64.2 Å². The number of nitrogens with zero attached hydrogens (tertiary/aromatic N) is 4. The molecule has 11 nitrogen and oxygen atoms in total. The van der Waals surface area contributed by atoms with Crippen LogP contribution in [0.2, 0.25) is 0 Å². The van der Waals surface area contributed by atoms with Crippen molar-refractivity contribution in [1.82, 2.24) is 19.2 Å². The Labute approximate surface area is 472 Å². The Morgan fingerprint density at radius 3 is 1.91 bits per heavy atom. The molecule has 1 spiro atoms. The van der Waals surface area contributed by atoms with E-state index >= 15 is 4.39 Å². The third kappa shape index (κ3) is 18.8. The number of alkyl halides is 1. The van der Waals surface area contributed by atoms with E-state index in [9.17, 15) is 32.4 Å². The van der Waals surface area contributed by atoms with Gasteiger partial charge in [-0.2, -0.15) is 10.5 Å². The molecule has 0 radical (unpaired) electrons. The van der Waals surface area contributed by atoms with Crippen LogP contribution < -0.4 is 20.5 Å². The molecule has 4 aromatic rings. The quantitative estimate of drug-likeness (QED) is 0.0206. The van der Waals surface area contributed by atoms with Crippen molar-refractivity contribution >= 4 is 58.8 Å². The topological polar surface area (TPSA) is 160 Å². The molecule has 424 valence electrons. The van der Waals surface area contributed by atoms with E-state index in [1.807, 2.05) is 53.1 Å². The molecule has 4 aliphatic rings. The average Bonchev–Trinajstić information content (AvgIpc) is 3.56. The van der Waals surface area contributed by atoms with Crippen LogP contribution in [0.25, 0.3) is 0 Å². The summed E-state index contributed by atoms with van der Waals surface area (Å²) in [6, 6.07) is 22.4. The number of amides is 2. The number of methoxy groups -OCH3 is 1. The summed E-state index contributed by atoms with van der Waals surface area (Å²) in [5, 5.41) is 21.9. The zero-order valence-electron chi connectivity index (χ0n) is 45.9. The standard InChI is InChI=1S/C28H36F2N4O2S.C16H18FN3OS.C13H17F2NS.C2H6/c1-34(2)16-13-23(12-9-20-7-10-22(29)11-8-20)32-26-21(19-31)17-24(18-25(26)30)37-33-27(35)28(36-3)14-5-4-6-15-28;1-15(8-16(9-15)3-2-4-16)14(21)20-22-11-5-10(7-18)13(19)12(17)6-11;14-11-3-5-13(6-4-11)17-8-2-1-7-16-9-12(15)10-16;1-2/h7-8,10-11,17-18,23,32H,4-6,9,12-16H2,1-3H3,(H,33,35);5-6H,2-4,8-9,19H2,1H3,(H,20,21);3-6,12H,1-2,7-10H2;1-2H3. The van der Waals surface area contributed by atoms with Gasteiger partial charge < -0.3 is 20.7 Å². The molecule has 1 heterocycles. The number of likely N-dealkylation sites (tertiary alicyclic amines) is 1. The number of hydrogen-bond donors (Lipinski definition) is 4. The zero-order chi connectivity index (χ0) is 56.9. The molecule has 0 bridgehead atoms. The minimum absolute atomic E-state index is 0.0224. The number of unbranched alkanes of at least 4 members (excludes halogenated alkanes) is 1. The van der Waals surface area contributed by atoms with Gasteiger partial charge in [-0.05, 0) is 199 Å². The Morgan fingerprint density at radius 2 is 1.36 bits per heavy atom. The molecule has 1 aliphatic heterocycles. The molecule has 3 aliphatic carbocycles. The third-order valence-electron chi connectivity index (χ3n) is 14.7. The number of carbonyl (C=O) groups is 2.